The smallest absolute Gasteiger partial charge is 0.253 e. The second-order valence-electron chi connectivity index (χ2n) is 3.53. The number of carbonyl (C=O) groups is 1. The van der Waals surface area contributed by atoms with Crippen LogP contribution in [0.1, 0.15) is 10.4 Å². The number of nitrogens with two attached hydrogens (primary N) is 1. The van der Waals surface area contributed by atoms with Gasteiger partial charge in [-0.2, -0.15) is 0 Å². The lowest BCUT2D eigenvalue weighted by molar-refractivity contribution is 0.0900. The zero-order chi connectivity index (χ0) is 12.8. The van der Waals surface area contributed by atoms with E-state index in [1.807, 2.05) is 0 Å². The summed E-state index contributed by atoms with van der Waals surface area (Å²) in [4.78, 5) is 11.8. The summed E-state index contributed by atoms with van der Waals surface area (Å²) in [5.74, 6) is -0.408. The van der Waals surface area contributed by atoms with E-state index in [4.69, 9.17) is 22.1 Å². The first kappa shape index (κ1) is 13.8. The summed E-state index contributed by atoms with van der Waals surface area (Å²) in [6.45, 7) is 0.578. The number of halogens is 1. The van der Waals surface area contributed by atoms with Gasteiger partial charge in [-0.05, 0) is 18.2 Å². The van der Waals surface area contributed by atoms with Gasteiger partial charge in [-0.3, -0.25) is 4.79 Å². The number of hydrogen-bond acceptors (Lipinski definition) is 4. The van der Waals surface area contributed by atoms with Crippen LogP contribution in [-0.2, 0) is 4.74 Å². The van der Waals surface area contributed by atoms with Crippen LogP contribution in [0.5, 0.6) is 5.75 Å². The van der Waals surface area contributed by atoms with E-state index < -0.39 is 5.91 Å². The largest absolute Gasteiger partial charge is 0.508 e. The summed E-state index contributed by atoms with van der Waals surface area (Å²) in [5.41, 5.74) is 5.69. The van der Waals surface area contributed by atoms with Crippen molar-refractivity contribution in [2.45, 2.75) is 6.04 Å². The maximum absolute atomic E-state index is 11.8. The molecule has 0 radical (unpaired) electrons. The molecule has 1 rings (SSSR count). The molecular weight excluding hydrogens is 244 g/mol. The number of benzene rings is 1. The van der Waals surface area contributed by atoms with Crippen LogP contribution in [-0.4, -0.2) is 37.3 Å². The van der Waals surface area contributed by atoms with E-state index in [0.29, 0.717) is 6.61 Å². The van der Waals surface area contributed by atoms with Gasteiger partial charge in [-0.15, -0.1) is 0 Å². The van der Waals surface area contributed by atoms with Crippen molar-refractivity contribution in [3.63, 3.8) is 0 Å². The highest BCUT2D eigenvalue weighted by Crippen LogP contribution is 2.20. The summed E-state index contributed by atoms with van der Waals surface area (Å²) in [6.07, 6.45) is 0. The number of rotatable bonds is 5. The first-order valence-corrected chi connectivity index (χ1v) is 5.44. The molecule has 0 spiro atoms. The Morgan fingerprint density at radius 2 is 2.35 bits per heavy atom. The van der Waals surface area contributed by atoms with E-state index in [-0.39, 0.29) is 28.9 Å². The van der Waals surface area contributed by atoms with Gasteiger partial charge < -0.3 is 20.9 Å². The summed E-state index contributed by atoms with van der Waals surface area (Å²) in [7, 11) is 1.52. The summed E-state index contributed by atoms with van der Waals surface area (Å²) in [5, 5.41) is 12.2. The van der Waals surface area contributed by atoms with Crippen molar-refractivity contribution < 1.29 is 14.6 Å². The highest BCUT2D eigenvalue weighted by atomic mass is 35.5. The third kappa shape index (κ3) is 3.89. The zero-order valence-corrected chi connectivity index (χ0v) is 10.2. The molecule has 17 heavy (non-hydrogen) atoms. The molecule has 94 valence electrons. The highest BCUT2D eigenvalue weighted by molar-refractivity contribution is 6.33. The van der Waals surface area contributed by atoms with Crippen LogP contribution >= 0.6 is 11.6 Å². The molecule has 4 N–H and O–H groups in total. The minimum atomic E-state index is -0.390. The molecule has 1 atom stereocenters. The predicted octanol–water partition coefficient (Wildman–Crippen LogP) is 0.749. The fourth-order valence-electron chi connectivity index (χ4n) is 1.32. The van der Waals surface area contributed by atoms with E-state index in [1.165, 1.54) is 25.3 Å². The number of nitrogens with one attached hydrogen (secondary N) is 1. The second kappa shape index (κ2) is 6.44. The van der Waals surface area contributed by atoms with Crippen molar-refractivity contribution in [3.8, 4) is 5.75 Å². The summed E-state index contributed by atoms with van der Waals surface area (Å²) >= 11 is 5.86. The van der Waals surface area contributed by atoms with E-state index in [2.05, 4.69) is 5.32 Å². The van der Waals surface area contributed by atoms with Crippen molar-refractivity contribution in [2.24, 2.45) is 5.73 Å². The molecule has 5 nitrogen and oxygen atoms in total. The SMILES string of the molecule is COCC(CN)NC(=O)c1cc(O)ccc1Cl. The molecule has 1 amide bonds. The van der Waals surface area contributed by atoms with Crippen LogP contribution < -0.4 is 11.1 Å². The average molecular weight is 259 g/mol. The average Bonchev–Trinajstić information content (AvgIpc) is 2.31. The second-order valence-corrected chi connectivity index (χ2v) is 3.93. The minimum absolute atomic E-state index is 0.0180. The van der Waals surface area contributed by atoms with E-state index in [1.54, 1.807) is 0 Å². The Balaban J connectivity index is 2.78. The molecule has 1 aromatic carbocycles. The Hall–Kier alpha value is -1.30. The van der Waals surface area contributed by atoms with Gasteiger partial charge >= 0.3 is 0 Å². The lowest BCUT2D eigenvalue weighted by atomic mass is 10.2. The minimum Gasteiger partial charge on any atom is -0.508 e. The topological polar surface area (TPSA) is 84.6 Å². The summed E-state index contributed by atoms with van der Waals surface area (Å²) < 4.78 is 4.91. The molecule has 0 saturated heterocycles. The Labute approximate surface area is 105 Å². The predicted molar refractivity (Wildman–Crippen MR) is 65.3 cm³/mol. The fraction of sp³-hybridized carbons (Fsp3) is 0.364. The molecule has 0 bridgehead atoms. The maximum Gasteiger partial charge on any atom is 0.253 e. The van der Waals surface area contributed by atoms with Gasteiger partial charge in [0.05, 0.1) is 23.2 Å². The maximum atomic E-state index is 11.8. The van der Waals surface area contributed by atoms with Crippen molar-refractivity contribution >= 4 is 17.5 Å². The number of phenolic OH excluding ortho intramolecular Hbond substituents is 1. The molecular formula is C11H15ClN2O3. The molecule has 0 aliphatic carbocycles. The van der Waals surface area contributed by atoms with Gasteiger partial charge in [0.1, 0.15) is 5.75 Å². The van der Waals surface area contributed by atoms with Crippen molar-refractivity contribution in [1.82, 2.24) is 5.32 Å². The molecule has 1 unspecified atom stereocenters. The van der Waals surface area contributed by atoms with Crippen molar-refractivity contribution in [3.05, 3.63) is 28.8 Å². The van der Waals surface area contributed by atoms with Crippen molar-refractivity contribution in [1.29, 1.82) is 0 Å². The molecule has 6 heteroatoms. The van der Waals surface area contributed by atoms with E-state index >= 15 is 0 Å². The standard InChI is InChI=1S/C11H15ClN2O3/c1-17-6-7(5-13)14-11(16)9-4-8(15)2-3-10(9)12/h2-4,7,15H,5-6,13H2,1H3,(H,14,16). The van der Waals surface area contributed by atoms with E-state index in [9.17, 15) is 9.90 Å². The Kier molecular flexibility index (Phi) is 5.21. The van der Waals surface area contributed by atoms with Gasteiger partial charge in [0, 0.05) is 13.7 Å². The van der Waals surface area contributed by atoms with Crippen LogP contribution in [0.3, 0.4) is 0 Å². The normalized spacial score (nSPS) is 12.2. The lowest BCUT2D eigenvalue weighted by Crippen LogP contribution is -2.43. The Bertz CT molecular complexity index is 398. The first-order valence-electron chi connectivity index (χ1n) is 5.07. The number of hydrogen-bond donors (Lipinski definition) is 3. The quantitative estimate of drug-likeness (QED) is 0.728. The molecule has 0 heterocycles. The molecule has 0 fully saturated rings. The zero-order valence-electron chi connectivity index (χ0n) is 9.44. The number of ether oxygens (including phenoxy) is 1. The molecule has 0 saturated carbocycles. The van der Waals surface area contributed by atoms with Gasteiger partial charge in [-0.1, -0.05) is 11.6 Å². The Morgan fingerprint density at radius 1 is 1.65 bits per heavy atom. The first-order chi connectivity index (χ1) is 8.08. The third-order valence-electron chi connectivity index (χ3n) is 2.18. The molecule has 0 aromatic heterocycles. The third-order valence-corrected chi connectivity index (χ3v) is 2.51. The lowest BCUT2D eigenvalue weighted by Gasteiger charge is -2.16. The van der Waals surface area contributed by atoms with Gasteiger partial charge in [-0.25, -0.2) is 0 Å². The number of methoxy groups -OCH3 is 1. The van der Waals surface area contributed by atoms with Crippen LogP contribution in [0, 0.1) is 0 Å². The van der Waals surface area contributed by atoms with Gasteiger partial charge in [0.25, 0.3) is 5.91 Å². The number of phenols is 1. The van der Waals surface area contributed by atoms with Crippen molar-refractivity contribution in [2.75, 3.05) is 20.3 Å². The van der Waals surface area contributed by atoms with Gasteiger partial charge in [0.2, 0.25) is 0 Å². The van der Waals surface area contributed by atoms with Crippen LogP contribution in [0.15, 0.2) is 18.2 Å². The highest BCUT2D eigenvalue weighted by Gasteiger charge is 2.15. The molecule has 1 aromatic rings. The van der Waals surface area contributed by atoms with Crippen LogP contribution in [0.2, 0.25) is 5.02 Å². The number of aromatic hydroxyl groups is 1. The van der Waals surface area contributed by atoms with Crippen LogP contribution in [0.4, 0.5) is 0 Å². The monoisotopic (exact) mass is 258 g/mol. The van der Waals surface area contributed by atoms with E-state index in [0.717, 1.165) is 0 Å². The Morgan fingerprint density at radius 3 is 2.94 bits per heavy atom. The van der Waals surface area contributed by atoms with Gasteiger partial charge in [0.15, 0.2) is 0 Å². The summed E-state index contributed by atoms with van der Waals surface area (Å²) in [6, 6.07) is 3.89. The molecule has 0 aliphatic rings. The fourth-order valence-corrected chi connectivity index (χ4v) is 1.52. The number of amides is 1. The number of carbonyl (C=O) groups excluding carboxylic acids is 1. The van der Waals surface area contributed by atoms with Crippen LogP contribution in [0.25, 0.3) is 0 Å². The molecule has 0 aliphatic heterocycles.